The smallest absolute Gasteiger partial charge is 0.744 e. The first-order chi connectivity index (χ1) is 38.9. The van der Waals surface area contributed by atoms with Crippen LogP contribution in [0.15, 0.2) is 70.5 Å². The van der Waals surface area contributed by atoms with Crippen molar-refractivity contribution in [1.82, 2.24) is 0 Å². The van der Waals surface area contributed by atoms with Gasteiger partial charge < -0.3 is 9.11 Å². The first-order valence-electron chi connectivity index (χ1n) is 33.9. The SMILES string of the molecule is CCCCCCCCCCCCCc1ccc2cc(CCCCCCCCCCCCC)c(S(=O)(=O)[O-])cc2c1.CCCCCCCCCCCCCc1ccc2cc(CCCCCCCCCCCCC)c(S(=O)(=O)[O-])cc2c1.[Ca+2]. The largest absolute Gasteiger partial charge is 2.00 e. The van der Waals surface area contributed by atoms with Crippen LogP contribution in [-0.2, 0) is 45.9 Å². The Morgan fingerprint density at radius 2 is 0.469 bits per heavy atom. The zero-order chi connectivity index (χ0) is 57.8. The summed E-state index contributed by atoms with van der Waals surface area (Å²) in [5.41, 5.74) is 3.85. The van der Waals surface area contributed by atoms with Gasteiger partial charge in [0, 0.05) is 0 Å². The van der Waals surface area contributed by atoms with E-state index >= 15 is 0 Å². The van der Waals surface area contributed by atoms with Crippen LogP contribution < -0.4 is 0 Å². The molecule has 0 heterocycles. The molecular formula is C72H118CaO6S2. The van der Waals surface area contributed by atoms with Crippen molar-refractivity contribution in [2.45, 2.75) is 346 Å². The maximum atomic E-state index is 12.1. The van der Waals surface area contributed by atoms with Crippen molar-refractivity contribution in [3.8, 4) is 0 Å². The molecule has 4 aromatic carbocycles. The van der Waals surface area contributed by atoms with Crippen molar-refractivity contribution in [1.29, 1.82) is 0 Å². The predicted octanol–water partition coefficient (Wildman–Crippen LogP) is 22.5. The molecule has 0 saturated carbocycles. The Hall–Kier alpha value is -1.52. The van der Waals surface area contributed by atoms with Crippen LogP contribution in [0.2, 0.25) is 0 Å². The molecular weight excluding hydrogens is 1060 g/mol. The fourth-order valence-corrected chi connectivity index (χ4v) is 13.4. The molecule has 6 nitrogen and oxygen atoms in total. The quantitative estimate of drug-likeness (QED) is 0.0247. The van der Waals surface area contributed by atoms with Gasteiger partial charge in [-0.2, -0.15) is 0 Å². The van der Waals surface area contributed by atoms with Crippen molar-refractivity contribution < 1.29 is 25.9 Å². The fraction of sp³-hybridized carbons (Fsp3) is 0.722. The molecule has 4 aromatic rings. The molecule has 0 amide bonds. The molecule has 456 valence electrons. The normalized spacial score (nSPS) is 11.8. The van der Waals surface area contributed by atoms with Crippen molar-refractivity contribution in [2.75, 3.05) is 0 Å². The Morgan fingerprint density at radius 1 is 0.259 bits per heavy atom. The average Bonchev–Trinajstić information content (AvgIpc) is 3.47. The van der Waals surface area contributed by atoms with Gasteiger partial charge in [0.1, 0.15) is 20.2 Å². The number of fused-ring (bicyclic) bond motifs is 2. The number of hydrogen-bond acceptors (Lipinski definition) is 6. The summed E-state index contributed by atoms with van der Waals surface area (Å²) < 4.78 is 72.7. The van der Waals surface area contributed by atoms with Crippen LogP contribution in [0.5, 0.6) is 0 Å². The van der Waals surface area contributed by atoms with Crippen molar-refractivity contribution in [2.24, 2.45) is 0 Å². The summed E-state index contributed by atoms with van der Waals surface area (Å²) in [5.74, 6) is 0. The van der Waals surface area contributed by atoms with E-state index in [1.807, 2.05) is 12.1 Å². The molecule has 0 aliphatic rings. The van der Waals surface area contributed by atoms with Gasteiger partial charge in [0.2, 0.25) is 0 Å². The first-order valence-corrected chi connectivity index (χ1v) is 36.8. The van der Waals surface area contributed by atoms with Gasteiger partial charge in [0.05, 0.1) is 9.79 Å². The third kappa shape index (κ3) is 36.3. The van der Waals surface area contributed by atoms with E-state index in [2.05, 4.69) is 64.1 Å². The Bertz CT molecular complexity index is 2230. The third-order valence-electron chi connectivity index (χ3n) is 16.9. The molecule has 4 rings (SSSR count). The van der Waals surface area contributed by atoms with Crippen molar-refractivity contribution >= 4 is 79.5 Å². The van der Waals surface area contributed by atoms with E-state index in [9.17, 15) is 25.9 Å². The van der Waals surface area contributed by atoms with Crippen LogP contribution in [0.4, 0.5) is 0 Å². The van der Waals surface area contributed by atoms with Gasteiger partial charge in [0.25, 0.3) is 0 Å². The molecule has 9 heteroatoms. The maximum Gasteiger partial charge on any atom is 2.00 e. The van der Waals surface area contributed by atoms with Gasteiger partial charge in [-0.15, -0.1) is 0 Å². The molecule has 0 spiro atoms. The molecule has 0 aliphatic heterocycles. The summed E-state index contributed by atoms with van der Waals surface area (Å²) in [6, 6.07) is 19.9. The van der Waals surface area contributed by atoms with E-state index < -0.39 is 20.2 Å². The Balaban J connectivity index is 0.000000547. The van der Waals surface area contributed by atoms with Crippen LogP contribution in [-0.4, -0.2) is 63.7 Å². The predicted molar refractivity (Wildman–Crippen MR) is 350 cm³/mol. The Labute approximate surface area is 529 Å². The van der Waals surface area contributed by atoms with Crippen LogP contribution in [0.1, 0.15) is 332 Å². The van der Waals surface area contributed by atoms with E-state index in [0.29, 0.717) is 24.0 Å². The average molecular weight is 1180 g/mol. The number of aryl methyl sites for hydroxylation is 4. The molecule has 0 N–H and O–H groups in total. The molecule has 0 aromatic heterocycles. The minimum atomic E-state index is -4.49. The van der Waals surface area contributed by atoms with Crippen molar-refractivity contribution in [3.05, 3.63) is 82.9 Å². The molecule has 0 unspecified atom stereocenters. The third-order valence-corrected chi connectivity index (χ3v) is 18.8. The van der Waals surface area contributed by atoms with Crippen molar-refractivity contribution in [3.63, 3.8) is 0 Å². The van der Waals surface area contributed by atoms with E-state index in [1.165, 1.54) is 255 Å². The maximum absolute atomic E-state index is 12.1. The Morgan fingerprint density at radius 3 is 0.691 bits per heavy atom. The summed E-state index contributed by atoms with van der Waals surface area (Å²) in [5, 5.41) is 3.82. The molecule has 0 fully saturated rings. The van der Waals surface area contributed by atoms with E-state index in [-0.39, 0.29) is 47.5 Å². The van der Waals surface area contributed by atoms with Gasteiger partial charge in [0.15, 0.2) is 0 Å². The monoisotopic (exact) mass is 1180 g/mol. The second-order valence-corrected chi connectivity index (χ2v) is 27.0. The number of hydrogen-bond donors (Lipinski definition) is 0. The van der Waals surface area contributed by atoms with Gasteiger partial charge in [-0.1, -0.05) is 321 Å². The molecule has 0 bridgehead atoms. The molecule has 81 heavy (non-hydrogen) atoms. The van der Waals surface area contributed by atoms with E-state index in [0.717, 1.165) is 72.9 Å². The molecule has 0 atom stereocenters. The molecule has 0 saturated heterocycles. The minimum Gasteiger partial charge on any atom is -0.744 e. The summed E-state index contributed by atoms with van der Waals surface area (Å²) >= 11 is 0. The number of unbranched alkanes of at least 4 members (excludes halogenated alkanes) is 40. The fourth-order valence-electron chi connectivity index (χ4n) is 11.9. The van der Waals surface area contributed by atoms with E-state index in [4.69, 9.17) is 0 Å². The topological polar surface area (TPSA) is 114 Å². The first kappa shape index (κ1) is 75.6. The number of rotatable bonds is 50. The minimum absolute atomic E-state index is 0. The summed E-state index contributed by atoms with van der Waals surface area (Å²) in [4.78, 5) is -0.0298. The van der Waals surface area contributed by atoms with Gasteiger partial charge in [-0.05, 0) is 119 Å². The zero-order valence-electron chi connectivity index (χ0n) is 52.7. The zero-order valence-corrected chi connectivity index (χ0v) is 56.5. The molecule has 0 aliphatic carbocycles. The molecule has 0 radical (unpaired) electrons. The van der Waals surface area contributed by atoms with Crippen LogP contribution in [0.25, 0.3) is 21.5 Å². The van der Waals surface area contributed by atoms with Gasteiger partial charge >= 0.3 is 37.7 Å². The van der Waals surface area contributed by atoms with Crippen LogP contribution in [0, 0.1) is 0 Å². The Kier molecular flexibility index (Phi) is 45.3. The standard InChI is InChI=1S/2C36H60O3S.Ca/c2*1-3-5-7-9-11-13-15-17-19-21-23-25-32-27-28-33-30-34(36(40(37,38)39)31-35(33)29-32)26-24-22-20-18-16-14-12-10-8-6-4-2;/h2*27-31H,3-26H2,1-2H3,(H,37,38,39);/q;;+2/p-2. The summed E-state index contributed by atoms with van der Waals surface area (Å²) in [6.45, 7) is 9.04. The van der Waals surface area contributed by atoms with Crippen LogP contribution in [0.3, 0.4) is 0 Å². The van der Waals surface area contributed by atoms with Gasteiger partial charge in [-0.25, -0.2) is 16.8 Å². The summed E-state index contributed by atoms with van der Waals surface area (Å²) in [7, 11) is -8.98. The number of benzene rings is 4. The second-order valence-electron chi connectivity index (χ2n) is 24.3. The van der Waals surface area contributed by atoms with Gasteiger partial charge in [-0.3, -0.25) is 0 Å². The second kappa shape index (κ2) is 48.6. The van der Waals surface area contributed by atoms with Crippen LogP contribution >= 0.6 is 0 Å². The van der Waals surface area contributed by atoms with E-state index in [1.54, 1.807) is 12.1 Å². The summed E-state index contributed by atoms with van der Waals surface area (Å²) in [6.07, 6.45) is 60.2.